The molecule has 0 fully saturated rings. The Morgan fingerprint density at radius 2 is 1.33 bits per heavy atom. The van der Waals surface area contributed by atoms with E-state index in [-0.39, 0.29) is 0 Å². The molecule has 15 heavy (non-hydrogen) atoms. The zero-order valence-electron chi connectivity index (χ0n) is 7.32. The SMILES string of the molecule is O=S(=O)(CCCC(F)(F)F)CC(F)(F)F. The van der Waals surface area contributed by atoms with E-state index in [1.807, 2.05) is 0 Å². The third kappa shape index (κ3) is 9.83. The van der Waals surface area contributed by atoms with Gasteiger partial charge in [0.25, 0.3) is 0 Å². The monoisotopic (exact) mass is 258 g/mol. The molecule has 0 aromatic rings. The lowest BCUT2D eigenvalue weighted by molar-refractivity contribution is -0.134. The molecule has 0 aromatic carbocycles. The molecule has 0 aliphatic rings. The van der Waals surface area contributed by atoms with Crippen LogP contribution < -0.4 is 0 Å². The number of halogens is 6. The minimum atomic E-state index is -4.91. The summed E-state index contributed by atoms with van der Waals surface area (Å²) in [5.74, 6) is -3.18. The molecule has 0 radical (unpaired) electrons. The van der Waals surface area contributed by atoms with Crippen LogP contribution in [-0.4, -0.2) is 32.3 Å². The summed E-state index contributed by atoms with van der Waals surface area (Å²) >= 11 is 0. The Bertz CT molecular complexity index is 288. The Hall–Kier alpha value is -0.470. The van der Waals surface area contributed by atoms with E-state index in [2.05, 4.69) is 0 Å². The molecule has 0 bridgehead atoms. The fourth-order valence-corrected chi connectivity index (χ4v) is 2.04. The molecule has 0 atom stereocenters. The van der Waals surface area contributed by atoms with Crippen LogP contribution >= 0.6 is 0 Å². The first-order valence-electron chi connectivity index (χ1n) is 3.75. The van der Waals surface area contributed by atoms with Crippen LogP contribution in [0, 0.1) is 0 Å². The largest absolute Gasteiger partial charge is 0.402 e. The summed E-state index contributed by atoms with van der Waals surface area (Å²) < 4.78 is 90.8. The minimum Gasteiger partial charge on any atom is -0.228 e. The molecule has 0 saturated heterocycles. The lowest BCUT2D eigenvalue weighted by Gasteiger charge is -2.08. The molecular weight excluding hydrogens is 250 g/mol. The second kappa shape index (κ2) is 4.58. The van der Waals surface area contributed by atoms with Crippen LogP contribution in [0.15, 0.2) is 0 Å². The summed E-state index contributed by atoms with van der Waals surface area (Å²) in [6.07, 6.45) is -11.7. The topological polar surface area (TPSA) is 34.1 Å². The smallest absolute Gasteiger partial charge is 0.228 e. The molecular formula is C6H8F6O2S. The van der Waals surface area contributed by atoms with Crippen LogP contribution in [-0.2, 0) is 9.84 Å². The molecule has 0 heterocycles. The van der Waals surface area contributed by atoms with Crippen LogP contribution in [0.3, 0.4) is 0 Å². The number of sulfone groups is 1. The van der Waals surface area contributed by atoms with Crippen molar-refractivity contribution in [1.29, 1.82) is 0 Å². The molecule has 0 spiro atoms. The summed E-state index contributed by atoms with van der Waals surface area (Å²) in [5, 5.41) is 0. The van der Waals surface area contributed by atoms with E-state index in [0.29, 0.717) is 0 Å². The molecule has 0 aliphatic heterocycles. The molecule has 2 nitrogen and oxygen atoms in total. The molecule has 0 rings (SSSR count). The van der Waals surface area contributed by atoms with Gasteiger partial charge in [-0.1, -0.05) is 0 Å². The summed E-state index contributed by atoms with van der Waals surface area (Å²) in [7, 11) is -4.49. The van der Waals surface area contributed by atoms with Gasteiger partial charge in [0.05, 0.1) is 5.75 Å². The first-order valence-corrected chi connectivity index (χ1v) is 5.57. The summed E-state index contributed by atoms with van der Waals surface area (Å²) in [5.41, 5.74) is 0. The molecule has 0 aliphatic carbocycles. The van der Waals surface area contributed by atoms with Gasteiger partial charge in [0.1, 0.15) is 5.75 Å². The molecule has 0 aromatic heterocycles. The Kier molecular flexibility index (Phi) is 4.44. The number of alkyl halides is 6. The van der Waals surface area contributed by atoms with Gasteiger partial charge in [-0.2, -0.15) is 26.3 Å². The quantitative estimate of drug-likeness (QED) is 0.725. The number of rotatable bonds is 4. The van der Waals surface area contributed by atoms with Crippen LogP contribution in [0.5, 0.6) is 0 Å². The van der Waals surface area contributed by atoms with Crippen molar-refractivity contribution < 1.29 is 34.8 Å². The fourth-order valence-electron chi connectivity index (χ4n) is 0.814. The summed E-state index contributed by atoms with van der Waals surface area (Å²) in [6.45, 7) is 0. The van der Waals surface area contributed by atoms with E-state index in [4.69, 9.17) is 0 Å². The predicted molar refractivity (Wildman–Crippen MR) is 40.0 cm³/mol. The average Bonchev–Trinajstić information content (AvgIpc) is 1.75. The zero-order valence-corrected chi connectivity index (χ0v) is 8.14. The van der Waals surface area contributed by atoms with Gasteiger partial charge in [-0.25, -0.2) is 8.42 Å². The van der Waals surface area contributed by atoms with Gasteiger partial charge < -0.3 is 0 Å². The van der Waals surface area contributed by atoms with Crippen LogP contribution in [0.25, 0.3) is 0 Å². The van der Waals surface area contributed by atoms with Gasteiger partial charge in [-0.15, -0.1) is 0 Å². The van der Waals surface area contributed by atoms with Gasteiger partial charge in [-0.3, -0.25) is 0 Å². The van der Waals surface area contributed by atoms with Crippen molar-refractivity contribution >= 4 is 9.84 Å². The number of hydrogen-bond acceptors (Lipinski definition) is 2. The lowest BCUT2D eigenvalue weighted by Crippen LogP contribution is -2.25. The van der Waals surface area contributed by atoms with E-state index in [0.717, 1.165) is 0 Å². The van der Waals surface area contributed by atoms with Gasteiger partial charge in [-0.05, 0) is 6.42 Å². The van der Waals surface area contributed by atoms with Gasteiger partial charge in [0.2, 0.25) is 0 Å². The van der Waals surface area contributed by atoms with Crippen molar-refractivity contribution in [2.75, 3.05) is 11.5 Å². The van der Waals surface area contributed by atoms with Crippen LogP contribution in [0.1, 0.15) is 12.8 Å². The Balaban J connectivity index is 4.08. The van der Waals surface area contributed by atoms with E-state index in [1.54, 1.807) is 0 Å². The normalized spacial score (nSPS) is 14.3. The second-order valence-electron chi connectivity index (χ2n) is 2.93. The summed E-state index contributed by atoms with van der Waals surface area (Å²) in [4.78, 5) is 0. The van der Waals surface area contributed by atoms with Gasteiger partial charge in [0.15, 0.2) is 9.84 Å². The highest BCUT2D eigenvalue weighted by molar-refractivity contribution is 7.91. The second-order valence-corrected chi connectivity index (χ2v) is 5.11. The Morgan fingerprint density at radius 1 is 0.867 bits per heavy atom. The van der Waals surface area contributed by atoms with E-state index in [1.165, 1.54) is 0 Å². The maximum absolute atomic E-state index is 11.6. The van der Waals surface area contributed by atoms with Gasteiger partial charge in [0, 0.05) is 6.42 Å². The van der Waals surface area contributed by atoms with Crippen molar-refractivity contribution in [3.8, 4) is 0 Å². The first-order chi connectivity index (χ1) is 6.41. The van der Waals surface area contributed by atoms with Crippen molar-refractivity contribution in [2.45, 2.75) is 25.2 Å². The van der Waals surface area contributed by atoms with Crippen molar-refractivity contribution in [3.63, 3.8) is 0 Å². The Labute approximate surface area is 82.2 Å². The third-order valence-corrected chi connectivity index (χ3v) is 2.98. The van der Waals surface area contributed by atoms with Crippen molar-refractivity contribution in [3.05, 3.63) is 0 Å². The average molecular weight is 258 g/mol. The fraction of sp³-hybridized carbons (Fsp3) is 1.00. The first kappa shape index (κ1) is 14.5. The predicted octanol–water partition coefficient (Wildman–Crippen LogP) is 2.31. The van der Waals surface area contributed by atoms with E-state index in [9.17, 15) is 34.8 Å². The number of hydrogen-bond donors (Lipinski definition) is 0. The highest BCUT2D eigenvalue weighted by atomic mass is 32.2. The highest BCUT2D eigenvalue weighted by Gasteiger charge is 2.35. The molecule has 0 saturated carbocycles. The van der Waals surface area contributed by atoms with Crippen molar-refractivity contribution in [2.24, 2.45) is 0 Å². The highest BCUT2D eigenvalue weighted by Crippen LogP contribution is 2.23. The van der Waals surface area contributed by atoms with E-state index < -0.39 is 46.5 Å². The molecule has 0 unspecified atom stereocenters. The standard InChI is InChI=1S/C6H8F6O2S/c7-5(8,9)2-1-3-15(13,14)4-6(10,11)12/h1-4H2. The molecule has 0 amide bonds. The third-order valence-electron chi connectivity index (χ3n) is 1.30. The van der Waals surface area contributed by atoms with Crippen LogP contribution in [0.2, 0.25) is 0 Å². The maximum atomic E-state index is 11.6. The minimum absolute atomic E-state index is 0.845. The summed E-state index contributed by atoms with van der Waals surface area (Å²) in [6, 6.07) is 0. The lowest BCUT2D eigenvalue weighted by atomic mass is 10.3. The molecule has 92 valence electrons. The molecule has 9 heteroatoms. The van der Waals surface area contributed by atoms with Gasteiger partial charge >= 0.3 is 12.4 Å². The molecule has 0 N–H and O–H groups in total. The van der Waals surface area contributed by atoms with E-state index >= 15 is 0 Å². The van der Waals surface area contributed by atoms with Crippen molar-refractivity contribution in [1.82, 2.24) is 0 Å². The van der Waals surface area contributed by atoms with Crippen LogP contribution in [0.4, 0.5) is 26.3 Å². The Morgan fingerprint density at radius 3 is 1.67 bits per heavy atom. The maximum Gasteiger partial charge on any atom is 0.402 e. The zero-order chi connectivity index (χ0) is 12.3.